The molecule has 4 nitrogen and oxygen atoms in total. The molecule has 0 unspecified atom stereocenters. The van der Waals surface area contributed by atoms with E-state index < -0.39 is 0 Å². The van der Waals surface area contributed by atoms with Crippen molar-refractivity contribution in [1.82, 2.24) is 9.78 Å². The largest absolute Gasteiger partial charge is 0.338 e. The average Bonchev–Trinajstić information content (AvgIpc) is 2.99. The van der Waals surface area contributed by atoms with Crippen LogP contribution in [0.5, 0.6) is 0 Å². The standard InChI is InChI=1S/C20H17ClFN3O/c1-12-15(21)4-2-5-16(12)23-20-19-17(6-3-7-18(19)26)25(24-20)14-10-8-13(22)9-11-14/h2,4-5,8-11H,3,6-7H2,1H3,(H,23,24). The average molecular weight is 370 g/mol. The second kappa shape index (κ2) is 6.57. The number of anilines is 2. The summed E-state index contributed by atoms with van der Waals surface area (Å²) in [6.45, 7) is 1.91. The first-order valence-corrected chi connectivity index (χ1v) is 8.85. The van der Waals surface area contributed by atoms with E-state index >= 15 is 0 Å². The third-order valence-electron chi connectivity index (χ3n) is 4.67. The van der Waals surface area contributed by atoms with Crippen LogP contribution in [0.4, 0.5) is 15.9 Å². The van der Waals surface area contributed by atoms with Crippen molar-refractivity contribution in [3.05, 3.63) is 70.1 Å². The van der Waals surface area contributed by atoms with Gasteiger partial charge in [0.15, 0.2) is 11.6 Å². The molecule has 0 amide bonds. The second-order valence-electron chi connectivity index (χ2n) is 6.37. The Morgan fingerprint density at radius 3 is 2.69 bits per heavy atom. The highest BCUT2D eigenvalue weighted by molar-refractivity contribution is 6.31. The van der Waals surface area contributed by atoms with Crippen LogP contribution in [0.2, 0.25) is 5.02 Å². The number of fused-ring (bicyclic) bond motifs is 1. The molecule has 0 radical (unpaired) electrons. The van der Waals surface area contributed by atoms with Crippen molar-refractivity contribution in [3.63, 3.8) is 0 Å². The molecule has 1 aliphatic rings. The van der Waals surface area contributed by atoms with E-state index in [0.717, 1.165) is 35.5 Å². The SMILES string of the molecule is Cc1c(Cl)cccc1Nc1nn(-c2ccc(F)cc2)c2c1C(=O)CCC2. The van der Waals surface area contributed by atoms with Gasteiger partial charge in [0.05, 0.1) is 16.9 Å². The summed E-state index contributed by atoms with van der Waals surface area (Å²) in [5, 5.41) is 8.54. The molecule has 6 heteroatoms. The van der Waals surface area contributed by atoms with E-state index in [4.69, 9.17) is 11.6 Å². The Morgan fingerprint density at radius 1 is 1.15 bits per heavy atom. The fraction of sp³-hybridized carbons (Fsp3) is 0.200. The topological polar surface area (TPSA) is 46.9 Å². The van der Waals surface area contributed by atoms with Gasteiger partial charge in [-0.05, 0) is 61.7 Å². The monoisotopic (exact) mass is 369 g/mol. The van der Waals surface area contributed by atoms with Crippen LogP contribution in [0.1, 0.15) is 34.5 Å². The number of nitrogens with one attached hydrogen (secondary N) is 1. The van der Waals surface area contributed by atoms with Gasteiger partial charge in [-0.15, -0.1) is 5.10 Å². The van der Waals surface area contributed by atoms with Gasteiger partial charge in [0.2, 0.25) is 0 Å². The van der Waals surface area contributed by atoms with E-state index in [2.05, 4.69) is 10.4 Å². The molecule has 132 valence electrons. The van der Waals surface area contributed by atoms with Gasteiger partial charge in [-0.1, -0.05) is 17.7 Å². The van der Waals surface area contributed by atoms with E-state index in [1.807, 2.05) is 25.1 Å². The summed E-state index contributed by atoms with van der Waals surface area (Å²) in [6, 6.07) is 11.7. The number of nitrogens with zero attached hydrogens (tertiary/aromatic N) is 2. The predicted molar refractivity (Wildman–Crippen MR) is 100 cm³/mol. The molecule has 3 aromatic rings. The number of ketones is 1. The van der Waals surface area contributed by atoms with E-state index in [-0.39, 0.29) is 11.6 Å². The lowest BCUT2D eigenvalue weighted by atomic mass is 9.95. The van der Waals surface area contributed by atoms with Crippen molar-refractivity contribution in [2.24, 2.45) is 0 Å². The summed E-state index contributed by atoms with van der Waals surface area (Å²) in [6.07, 6.45) is 2.04. The van der Waals surface area contributed by atoms with Gasteiger partial charge in [-0.3, -0.25) is 4.79 Å². The second-order valence-corrected chi connectivity index (χ2v) is 6.78. The summed E-state index contributed by atoms with van der Waals surface area (Å²) in [4.78, 5) is 12.6. The quantitative estimate of drug-likeness (QED) is 0.687. The van der Waals surface area contributed by atoms with E-state index in [1.165, 1.54) is 12.1 Å². The fourth-order valence-corrected chi connectivity index (χ4v) is 3.45. The Kier molecular flexibility index (Phi) is 4.24. The maximum Gasteiger partial charge on any atom is 0.168 e. The normalized spacial score (nSPS) is 13.6. The Bertz CT molecular complexity index is 995. The van der Waals surface area contributed by atoms with Crippen molar-refractivity contribution >= 4 is 28.9 Å². The zero-order valence-electron chi connectivity index (χ0n) is 14.2. The molecule has 0 fully saturated rings. The first-order valence-electron chi connectivity index (χ1n) is 8.48. The lowest BCUT2D eigenvalue weighted by molar-refractivity contribution is 0.0973. The lowest BCUT2D eigenvalue weighted by Gasteiger charge is -2.14. The fourth-order valence-electron chi connectivity index (χ4n) is 3.27. The molecule has 1 heterocycles. The molecule has 1 aliphatic carbocycles. The molecule has 1 aromatic heterocycles. The molecule has 4 rings (SSSR count). The highest BCUT2D eigenvalue weighted by Crippen LogP contribution is 2.33. The smallest absolute Gasteiger partial charge is 0.168 e. The highest BCUT2D eigenvalue weighted by Gasteiger charge is 2.28. The summed E-state index contributed by atoms with van der Waals surface area (Å²) in [5.74, 6) is 0.278. The molecule has 0 atom stereocenters. The third-order valence-corrected chi connectivity index (χ3v) is 5.08. The highest BCUT2D eigenvalue weighted by atomic mass is 35.5. The zero-order valence-corrected chi connectivity index (χ0v) is 15.0. The van der Waals surface area contributed by atoms with Crippen LogP contribution in [0.25, 0.3) is 5.69 Å². The zero-order chi connectivity index (χ0) is 18.3. The van der Waals surface area contributed by atoms with Gasteiger partial charge in [-0.2, -0.15) is 0 Å². The van der Waals surface area contributed by atoms with E-state index in [1.54, 1.807) is 16.8 Å². The first kappa shape index (κ1) is 16.8. The number of hydrogen-bond acceptors (Lipinski definition) is 3. The summed E-state index contributed by atoms with van der Waals surface area (Å²) in [7, 11) is 0. The van der Waals surface area contributed by atoms with Gasteiger partial charge in [0.1, 0.15) is 5.82 Å². The Hall–Kier alpha value is -2.66. The number of rotatable bonds is 3. The number of carbonyl (C=O) groups excluding carboxylic acids is 1. The van der Waals surface area contributed by atoms with Crippen molar-refractivity contribution < 1.29 is 9.18 Å². The number of hydrogen-bond donors (Lipinski definition) is 1. The summed E-state index contributed by atoms with van der Waals surface area (Å²) in [5.41, 5.74) is 3.90. The van der Waals surface area contributed by atoms with Gasteiger partial charge in [0, 0.05) is 17.1 Å². The minimum Gasteiger partial charge on any atom is -0.338 e. The molecule has 0 saturated heterocycles. The van der Waals surface area contributed by atoms with Crippen molar-refractivity contribution in [2.45, 2.75) is 26.2 Å². The van der Waals surface area contributed by atoms with E-state index in [9.17, 15) is 9.18 Å². The van der Waals surface area contributed by atoms with Gasteiger partial charge in [0.25, 0.3) is 0 Å². The van der Waals surface area contributed by atoms with Crippen LogP contribution in [-0.2, 0) is 6.42 Å². The van der Waals surface area contributed by atoms with Crippen molar-refractivity contribution in [3.8, 4) is 5.69 Å². The van der Waals surface area contributed by atoms with Crippen molar-refractivity contribution in [1.29, 1.82) is 0 Å². The molecule has 1 N–H and O–H groups in total. The molecular formula is C20H17ClFN3O. The maximum absolute atomic E-state index is 13.3. The number of Topliss-reactive ketones (excluding diaryl/α,β-unsaturated/α-hetero) is 1. The lowest BCUT2D eigenvalue weighted by Crippen LogP contribution is -2.13. The molecule has 26 heavy (non-hydrogen) atoms. The van der Waals surface area contributed by atoms with Crippen LogP contribution in [0.15, 0.2) is 42.5 Å². The molecule has 0 bridgehead atoms. The number of halogens is 2. The molecule has 0 saturated carbocycles. The van der Waals surface area contributed by atoms with Crippen molar-refractivity contribution in [2.75, 3.05) is 5.32 Å². The van der Waals surface area contributed by atoms with Gasteiger partial charge >= 0.3 is 0 Å². The third kappa shape index (κ3) is 2.88. The summed E-state index contributed by atoms with van der Waals surface area (Å²) >= 11 is 6.20. The minimum atomic E-state index is -0.307. The number of carbonyl (C=O) groups is 1. The van der Waals surface area contributed by atoms with Gasteiger partial charge < -0.3 is 5.32 Å². The van der Waals surface area contributed by atoms with Crippen LogP contribution in [-0.4, -0.2) is 15.6 Å². The molecule has 2 aromatic carbocycles. The number of benzene rings is 2. The predicted octanol–water partition coefficient (Wildman–Crippen LogP) is 5.24. The van der Waals surface area contributed by atoms with Crippen LogP contribution < -0.4 is 5.32 Å². The Labute approximate surface area is 155 Å². The summed E-state index contributed by atoms with van der Waals surface area (Å²) < 4.78 is 15.0. The van der Waals surface area contributed by atoms with Crippen LogP contribution >= 0.6 is 11.6 Å². The molecule has 0 aliphatic heterocycles. The van der Waals surface area contributed by atoms with E-state index in [0.29, 0.717) is 22.8 Å². The van der Waals surface area contributed by atoms with Gasteiger partial charge in [-0.25, -0.2) is 9.07 Å². The van der Waals surface area contributed by atoms with Crippen LogP contribution in [0, 0.1) is 12.7 Å². The maximum atomic E-state index is 13.3. The Morgan fingerprint density at radius 2 is 1.92 bits per heavy atom. The molecular weight excluding hydrogens is 353 g/mol. The first-order chi connectivity index (χ1) is 12.5. The van der Waals surface area contributed by atoms with Crippen LogP contribution in [0.3, 0.4) is 0 Å². The molecule has 0 spiro atoms. The number of aromatic nitrogens is 2. The Balaban J connectivity index is 1.83. The minimum absolute atomic E-state index is 0.0711.